The third-order valence-electron chi connectivity index (χ3n) is 3.48. The van der Waals surface area contributed by atoms with Crippen LogP contribution in [0.4, 0.5) is 0 Å². The lowest BCUT2D eigenvalue weighted by Crippen LogP contribution is -2.38. The predicted molar refractivity (Wildman–Crippen MR) is 82.7 cm³/mol. The van der Waals surface area contributed by atoms with Crippen molar-refractivity contribution in [3.05, 3.63) is 17.5 Å². The van der Waals surface area contributed by atoms with Gasteiger partial charge in [-0.05, 0) is 12.3 Å². The average Bonchev–Trinajstić information content (AvgIpc) is 2.77. The van der Waals surface area contributed by atoms with Crippen molar-refractivity contribution in [3.8, 4) is 0 Å². The number of rotatable bonds is 9. The van der Waals surface area contributed by atoms with E-state index >= 15 is 0 Å². The lowest BCUT2D eigenvalue weighted by molar-refractivity contribution is 0.111. The van der Waals surface area contributed by atoms with E-state index in [1.807, 2.05) is 11.7 Å². The van der Waals surface area contributed by atoms with Gasteiger partial charge >= 0.3 is 0 Å². The Morgan fingerprint density at radius 1 is 1.45 bits per heavy atom. The molecule has 1 atom stereocenters. The van der Waals surface area contributed by atoms with Crippen LogP contribution in [0, 0.1) is 5.92 Å². The Hall–Kier alpha value is -0.910. The summed E-state index contributed by atoms with van der Waals surface area (Å²) in [4.78, 5) is 2.42. The lowest BCUT2D eigenvalue weighted by Gasteiger charge is -2.32. The van der Waals surface area contributed by atoms with E-state index in [1.165, 1.54) is 5.56 Å². The first-order chi connectivity index (χ1) is 9.53. The molecule has 5 heteroatoms. The number of aryl methyl sites for hydroxylation is 2. The van der Waals surface area contributed by atoms with Crippen LogP contribution in [0.1, 0.15) is 38.1 Å². The summed E-state index contributed by atoms with van der Waals surface area (Å²) in [5.41, 5.74) is 8.47. The van der Waals surface area contributed by atoms with Crippen LogP contribution in [-0.2, 0) is 18.2 Å². The minimum absolute atomic E-state index is 0.219. The van der Waals surface area contributed by atoms with Gasteiger partial charge in [0, 0.05) is 45.6 Å². The zero-order chi connectivity index (χ0) is 15.1. The van der Waals surface area contributed by atoms with E-state index < -0.39 is 0 Å². The Labute approximate surface area is 123 Å². The highest BCUT2D eigenvalue weighted by Gasteiger charge is 2.23. The van der Waals surface area contributed by atoms with Gasteiger partial charge in [-0.2, -0.15) is 5.10 Å². The fourth-order valence-electron chi connectivity index (χ4n) is 2.63. The highest BCUT2D eigenvalue weighted by atomic mass is 16.5. The summed E-state index contributed by atoms with van der Waals surface area (Å²) in [6, 6.07) is 0.219. The molecule has 0 aliphatic heterocycles. The molecule has 2 N–H and O–H groups in total. The van der Waals surface area contributed by atoms with Crippen molar-refractivity contribution in [1.29, 1.82) is 0 Å². The molecule has 116 valence electrons. The van der Waals surface area contributed by atoms with Crippen LogP contribution in [0.25, 0.3) is 0 Å². The largest absolute Gasteiger partial charge is 0.383 e. The van der Waals surface area contributed by atoms with Gasteiger partial charge in [-0.25, -0.2) is 0 Å². The molecule has 0 fully saturated rings. The van der Waals surface area contributed by atoms with Crippen molar-refractivity contribution in [3.63, 3.8) is 0 Å². The average molecular weight is 282 g/mol. The topological polar surface area (TPSA) is 56.3 Å². The normalized spacial score (nSPS) is 13.4. The van der Waals surface area contributed by atoms with Crippen molar-refractivity contribution < 1.29 is 4.74 Å². The minimum atomic E-state index is 0.219. The van der Waals surface area contributed by atoms with Crippen molar-refractivity contribution in [2.24, 2.45) is 18.7 Å². The zero-order valence-electron chi connectivity index (χ0n) is 13.6. The first-order valence-corrected chi connectivity index (χ1v) is 7.48. The molecule has 0 radical (unpaired) electrons. The SMILES string of the molecule is CCc1nn(C)cc1C(CN)N(CCOC)CC(C)C. The van der Waals surface area contributed by atoms with Gasteiger partial charge < -0.3 is 10.5 Å². The van der Waals surface area contributed by atoms with Gasteiger partial charge in [0.2, 0.25) is 0 Å². The fourth-order valence-corrected chi connectivity index (χ4v) is 2.63. The molecule has 0 saturated carbocycles. The van der Waals surface area contributed by atoms with Crippen molar-refractivity contribution in [2.75, 3.05) is 33.4 Å². The molecule has 5 nitrogen and oxygen atoms in total. The van der Waals surface area contributed by atoms with Gasteiger partial charge in [0.15, 0.2) is 0 Å². The van der Waals surface area contributed by atoms with Gasteiger partial charge in [-0.1, -0.05) is 20.8 Å². The Kier molecular flexibility index (Phi) is 7.19. The van der Waals surface area contributed by atoms with Crippen molar-refractivity contribution in [2.45, 2.75) is 33.2 Å². The number of nitrogens with zero attached hydrogens (tertiary/aromatic N) is 3. The number of methoxy groups -OCH3 is 1. The van der Waals surface area contributed by atoms with Gasteiger partial charge in [0.25, 0.3) is 0 Å². The quantitative estimate of drug-likeness (QED) is 0.747. The number of hydrogen-bond acceptors (Lipinski definition) is 4. The van der Waals surface area contributed by atoms with E-state index in [1.54, 1.807) is 7.11 Å². The lowest BCUT2D eigenvalue weighted by atomic mass is 10.0. The third kappa shape index (κ3) is 4.58. The summed E-state index contributed by atoms with van der Waals surface area (Å²) < 4.78 is 7.13. The van der Waals surface area contributed by atoms with E-state index in [2.05, 4.69) is 37.0 Å². The smallest absolute Gasteiger partial charge is 0.0670 e. The summed E-state index contributed by atoms with van der Waals surface area (Å²) >= 11 is 0. The molecule has 1 unspecified atom stereocenters. The second-order valence-corrected chi connectivity index (χ2v) is 5.69. The second-order valence-electron chi connectivity index (χ2n) is 5.69. The maximum Gasteiger partial charge on any atom is 0.0670 e. The Morgan fingerprint density at radius 2 is 2.15 bits per heavy atom. The van der Waals surface area contributed by atoms with Crippen LogP contribution in [0.3, 0.4) is 0 Å². The second kappa shape index (κ2) is 8.39. The first kappa shape index (κ1) is 17.1. The molecule has 0 amide bonds. The fraction of sp³-hybridized carbons (Fsp3) is 0.800. The zero-order valence-corrected chi connectivity index (χ0v) is 13.6. The first-order valence-electron chi connectivity index (χ1n) is 7.48. The van der Waals surface area contributed by atoms with Crippen LogP contribution >= 0.6 is 0 Å². The molecule has 1 aromatic heterocycles. The summed E-state index contributed by atoms with van der Waals surface area (Å²) in [7, 11) is 3.71. The van der Waals surface area contributed by atoms with Crippen LogP contribution in [0.5, 0.6) is 0 Å². The molecule has 0 spiro atoms. The van der Waals surface area contributed by atoms with Crippen LogP contribution in [0.2, 0.25) is 0 Å². The molecular weight excluding hydrogens is 252 g/mol. The van der Waals surface area contributed by atoms with Gasteiger partial charge in [0.1, 0.15) is 0 Å². The van der Waals surface area contributed by atoms with E-state index in [0.29, 0.717) is 12.5 Å². The maximum atomic E-state index is 6.07. The van der Waals surface area contributed by atoms with E-state index in [9.17, 15) is 0 Å². The molecule has 0 aliphatic rings. The minimum Gasteiger partial charge on any atom is -0.383 e. The number of ether oxygens (including phenoxy) is 1. The predicted octanol–water partition coefficient (Wildman–Crippen LogP) is 1.59. The molecule has 20 heavy (non-hydrogen) atoms. The van der Waals surface area contributed by atoms with Crippen LogP contribution < -0.4 is 5.73 Å². The van der Waals surface area contributed by atoms with E-state index in [0.717, 1.165) is 31.8 Å². The molecule has 0 bridgehead atoms. The maximum absolute atomic E-state index is 6.07. The summed E-state index contributed by atoms with van der Waals surface area (Å²) in [6.07, 6.45) is 3.04. The van der Waals surface area contributed by atoms with Gasteiger partial charge in [0.05, 0.1) is 18.3 Å². The molecule has 0 aliphatic carbocycles. The standard InChI is InChI=1S/C15H30N4O/c1-6-14-13(11-18(4)17-14)15(9-16)19(7-8-20-5)10-12(2)3/h11-12,15H,6-10,16H2,1-5H3. The third-order valence-corrected chi connectivity index (χ3v) is 3.48. The molecule has 1 heterocycles. The molecule has 1 rings (SSSR count). The molecule has 0 saturated heterocycles. The Morgan fingerprint density at radius 3 is 2.65 bits per heavy atom. The summed E-state index contributed by atoms with van der Waals surface area (Å²) in [5.74, 6) is 0.600. The van der Waals surface area contributed by atoms with Gasteiger partial charge in [-0.15, -0.1) is 0 Å². The van der Waals surface area contributed by atoms with Crippen molar-refractivity contribution in [1.82, 2.24) is 14.7 Å². The van der Waals surface area contributed by atoms with E-state index in [-0.39, 0.29) is 6.04 Å². The highest BCUT2D eigenvalue weighted by Crippen LogP contribution is 2.24. The summed E-state index contributed by atoms with van der Waals surface area (Å²) in [5, 5.41) is 4.54. The number of hydrogen-bond donors (Lipinski definition) is 1. The molecule has 1 aromatic rings. The van der Waals surface area contributed by atoms with Crippen LogP contribution in [-0.4, -0.2) is 48.0 Å². The van der Waals surface area contributed by atoms with E-state index in [4.69, 9.17) is 10.5 Å². The van der Waals surface area contributed by atoms with Gasteiger partial charge in [-0.3, -0.25) is 9.58 Å². The Balaban J connectivity index is 2.97. The molecule has 0 aromatic carbocycles. The molecular formula is C15H30N4O. The number of aromatic nitrogens is 2. The van der Waals surface area contributed by atoms with Crippen molar-refractivity contribution >= 4 is 0 Å². The highest BCUT2D eigenvalue weighted by molar-refractivity contribution is 5.22. The Bertz CT molecular complexity index is 389. The monoisotopic (exact) mass is 282 g/mol. The number of nitrogens with two attached hydrogens (primary N) is 1. The summed E-state index contributed by atoms with van der Waals surface area (Å²) in [6.45, 7) is 9.86. The van der Waals surface area contributed by atoms with Crippen LogP contribution in [0.15, 0.2) is 6.20 Å².